The Morgan fingerprint density at radius 3 is 2.70 bits per heavy atom. The van der Waals surface area contributed by atoms with Crippen LogP contribution in [0.3, 0.4) is 0 Å². The minimum Gasteiger partial charge on any atom is -0.497 e. The molecule has 0 saturated carbocycles. The third-order valence-electron chi connectivity index (χ3n) is 3.45. The summed E-state index contributed by atoms with van der Waals surface area (Å²) in [6.45, 7) is 5.06. The molecule has 1 amide bonds. The second-order valence-corrected chi connectivity index (χ2v) is 6.09. The van der Waals surface area contributed by atoms with Gasteiger partial charge in [0.15, 0.2) is 10.6 Å². The molecule has 0 saturated heterocycles. The molecule has 0 aliphatic carbocycles. The van der Waals surface area contributed by atoms with Gasteiger partial charge >= 0.3 is 0 Å². The van der Waals surface area contributed by atoms with Gasteiger partial charge in [0.25, 0.3) is 0 Å². The number of methoxy groups -OCH3 is 1. The van der Waals surface area contributed by atoms with Crippen molar-refractivity contribution in [2.45, 2.75) is 26.8 Å². The fraction of sp³-hybridized carbons (Fsp3) is 0.438. The van der Waals surface area contributed by atoms with E-state index < -0.39 is 0 Å². The Bertz CT molecular complexity index is 704. The van der Waals surface area contributed by atoms with Gasteiger partial charge < -0.3 is 10.1 Å². The number of H-pyrrole nitrogens is 1. The van der Waals surface area contributed by atoms with Gasteiger partial charge in [0, 0.05) is 12.1 Å². The van der Waals surface area contributed by atoms with Gasteiger partial charge in [-0.3, -0.25) is 14.5 Å². The lowest BCUT2D eigenvalue weighted by Gasteiger charge is -2.09. The van der Waals surface area contributed by atoms with E-state index in [0.29, 0.717) is 23.1 Å². The van der Waals surface area contributed by atoms with E-state index in [0.717, 1.165) is 17.7 Å². The molecule has 7 heteroatoms. The van der Waals surface area contributed by atoms with Crippen LogP contribution in [0, 0.1) is 10.7 Å². The van der Waals surface area contributed by atoms with E-state index in [1.807, 2.05) is 24.3 Å². The normalized spacial score (nSPS) is 10.8. The van der Waals surface area contributed by atoms with Gasteiger partial charge in [0.05, 0.1) is 7.11 Å². The van der Waals surface area contributed by atoms with Crippen molar-refractivity contribution in [1.29, 1.82) is 0 Å². The van der Waals surface area contributed by atoms with Gasteiger partial charge in [-0.05, 0) is 48.8 Å². The Morgan fingerprint density at radius 1 is 1.39 bits per heavy atom. The number of aromatic nitrogens is 3. The predicted molar refractivity (Wildman–Crippen MR) is 91.9 cm³/mol. The quantitative estimate of drug-likeness (QED) is 0.764. The largest absolute Gasteiger partial charge is 0.497 e. The molecule has 0 bridgehead atoms. The number of rotatable bonds is 7. The molecule has 1 aromatic heterocycles. The Kier molecular flexibility index (Phi) is 5.92. The summed E-state index contributed by atoms with van der Waals surface area (Å²) in [7, 11) is 1.62. The molecule has 0 spiro atoms. The molecule has 0 unspecified atom stereocenters. The molecule has 124 valence electrons. The number of carbonyl (C=O) groups is 1. The maximum Gasteiger partial charge on any atom is 0.240 e. The summed E-state index contributed by atoms with van der Waals surface area (Å²) in [5.74, 6) is 1.89. The predicted octanol–water partition coefficient (Wildman–Crippen LogP) is 2.78. The topological polar surface area (TPSA) is 71.9 Å². The van der Waals surface area contributed by atoms with Gasteiger partial charge in [-0.15, -0.1) is 0 Å². The summed E-state index contributed by atoms with van der Waals surface area (Å²) < 4.78 is 7.27. The maximum atomic E-state index is 12.1. The molecule has 1 heterocycles. The molecule has 0 aliphatic rings. The van der Waals surface area contributed by atoms with Crippen molar-refractivity contribution >= 4 is 18.1 Å². The highest BCUT2D eigenvalue weighted by atomic mass is 32.1. The van der Waals surface area contributed by atoms with Crippen LogP contribution in [0.4, 0.5) is 0 Å². The van der Waals surface area contributed by atoms with Crippen molar-refractivity contribution < 1.29 is 9.53 Å². The van der Waals surface area contributed by atoms with Crippen LogP contribution >= 0.6 is 12.2 Å². The molecule has 2 aromatic rings. The highest BCUT2D eigenvalue weighted by Crippen LogP contribution is 2.20. The molecule has 2 rings (SSSR count). The molecular formula is C16H22N4O2S. The maximum absolute atomic E-state index is 12.1. The summed E-state index contributed by atoms with van der Waals surface area (Å²) in [6.07, 6.45) is 0.952. The zero-order valence-corrected chi connectivity index (χ0v) is 14.4. The number of nitrogens with zero attached hydrogens (tertiary/aromatic N) is 2. The molecule has 0 radical (unpaired) electrons. The summed E-state index contributed by atoms with van der Waals surface area (Å²) in [5, 5.41) is 9.89. The second-order valence-electron chi connectivity index (χ2n) is 5.70. The second kappa shape index (κ2) is 7.92. The summed E-state index contributed by atoms with van der Waals surface area (Å²) in [4.78, 5) is 12.1. The van der Waals surface area contributed by atoms with Crippen LogP contribution in [0.1, 0.15) is 20.3 Å². The van der Waals surface area contributed by atoms with Crippen molar-refractivity contribution in [3.05, 3.63) is 29.0 Å². The first-order valence-electron chi connectivity index (χ1n) is 7.57. The van der Waals surface area contributed by atoms with Crippen molar-refractivity contribution in [2.75, 3.05) is 13.7 Å². The van der Waals surface area contributed by atoms with E-state index in [4.69, 9.17) is 17.0 Å². The number of carbonyl (C=O) groups excluding carboxylic acids is 1. The zero-order chi connectivity index (χ0) is 16.8. The van der Waals surface area contributed by atoms with Gasteiger partial charge in [0.2, 0.25) is 5.91 Å². The average Bonchev–Trinajstić information content (AvgIpc) is 2.88. The Hall–Kier alpha value is -2.15. The lowest BCUT2D eigenvalue weighted by Crippen LogP contribution is -2.29. The molecule has 6 nitrogen and oxygen atoms in total. The number of aromatic amines is 1. The van der Waals surface area contributed by atoms with Crippen LogP contribution in [0.25, 0.3) is 11.4 Å². The highest BCUT2D eigenvalue weighted by Gasteiger charge is 2.12. The number of hydrogen-bond donors (Lipinski definition) is 2. The van der Waals surface area contributed by atoms with Crippen LogP contribution < -0.4 is 10.1 Å². The molecule has 2 N–H and O–H groups in total. The highest BCUT2D eigenvalue weighted by molar-refractivity contribution is 7.71. The van der Waals surface area contributed by atoms with Crippen LogP contribution in [-0.4, -0.2) is 34.3 Å². The number of nitrogens with one attached hydrogen (secondary N) is 2. The number of hydrogen-bond acceptors (Lipinski definition) is 4. The van der Waals surface area contributed by atoms with E-state index in [9.17, 15) is 4.79 Å². The van der Waals surface area contributed by atoms with E-state index in [1.165, 1.54) is 0 Å². The van der Waals surface area contributed by atoms with Gasteiger partial charge in [0.1, 0.15) is 12.3 Å². The fourth-order valence-electron chi connectivity index (χ4n) is 2.12. The molecule has 0 atom stereocenters. The zero-order valence-electron chi connectivity index (χ0n) is 13.6. The lowest BCUT2D eigenvalue weighted by atomic mass is 10.1. The van der Waals surface area contributed by atoms with E-state index in [1.54, 1.807) is 11.7 Å². The smallest absolute Gasteiger partial charge is 0.240 e. The summed E-state index contributed by atoms with van der Waals surface area (Å²) >= 11 is 5.23. The van der Waals surface area contributed by atoms with Crippen molar-refractivity contribution in [3.8, 4) is 17.1 Å². The molecule has 0 aliphatic heterocycles. The molecule has 23 heavy (non-hydrogen) atoms. The number of benzene rings is 1. The first-order chi connectivity index (χ1) is 11.0. The monoisotopic (exact) mass is 334 g/mol. The van der Waals surface area contributed by atoms with Crippen molar-refractivity contribution in [3.63, 3.8) is 0 Å². The van der Waals surface area contributed by atoms with Crippen LogP contribution in [0.15, 0.2) is 24.3 Å². The van der Waals surface area contributed by atoms with Gasteiger partial charge in [-0.2, -0.15) is 5.10 Å². The summed E-state index contributed by atoms with van der Waals surface area (Å²) in [6, 6.07) is 7.47. The van der Waals surface area contributed by atoms with E-state index >= 15 is 0 Å². The SMILES string of the molecule is COc1ccc(-c2n[nH]c(=S)n2CC(=O)NCCC(C)C)cc1. The van der Waals surface area contributed by atoms with Gasteiger partial charge in [-0.1, -0.05) is 13.8 Å². The number of amides is 1. The van der Waals surface area contributed by atoms with Gasteiger partial charge in [-0.25, -0.2) is 0 Å². The standard InChI is InChI=1S/C16H22N4O2S/c1-11(2)8-9-17-14(21)10-20-15(18-19-16(20)23)12-4-6-13(22-3)7-5-12/h4-7,11H,8-10H2,1-3H3,(H,17,21)(H,19,23). The molecular weight excluding hydrogens is 312 g/mol. The Labute approximate surface area is 140 Å². The third kappa shape index (κ3) is 4.66. The molecule has 0 fully saturated rings. The van der Waals surface area contributed by atoms with E-state index in [-0.39, 0.29) is 12.5 Å². The van der Waals surface area contributed by atoms with Crippen molar-refractivity contribution in [2.24, 2.45) is 5.92 Å². The van der Waals surface area contributed by atoms with Crippen LogP contribution in [0.2, 0.25) is 0 Å². The Morgan fingerprint density at radius 2 is 2.09 bits per heavy atom. The first kappa shape index (κ1) is 17.2. The minimum atomic E-state index is -0.0714. The van der Waals surface area contributed by atoms with Crippen LogP contribution in [-0.2, 0) is 11.3 Å². The number of ether oxygens (including phenoxy) is 1. The third-order valence-corrected chi connectivity index (χ3v) is 3.76. The first-order valence-corrected chi connectivity index (χ1v) is 7.98. The fourth-order valence-corrected chi connectivity index (χ4v) is 2.32. The minimum absolute atomic E-state index is 0.0714. The van der Waals surface area contributed by atoms with E-state index in [2.05, 4.69) is 29.4 Å². The van der Waals surface area contributed by atoms with Crippen LogP contribution in [0.5, 0.6) is 5.75 Å². The Balaban J connectivity index is 2.11. The molecule has 1 aromatic carbocycles. The average molecular weight is 334 g/mol. The lowest BCUT2D eigenvalue weighted by molar-refractivity contribution is -0.121. The van der Waals surface area contributed by atoms with Crippen molar-refractivity contribution in [1.82, 2.24) is 20.1 Å². The summed E-state index contributed by atoms with van der Waals surface area (Å²) in [5.41, 5.74) is 0.869.